The number of hydrogen-bond acceptors (Lipinski definition) is 6. The largest absolute Gasteiger partial charge is 0.333 e. The Hall–Kier alpha value is -2.97. The zero-order valence-corrected chi connectivity index (χ0v) is 14.9. The van der Waals surface area contributed by atoms with E-state index in [-0.39, 0.29) is 12.5 Å². The van der Waals surface area contributed by atoms with Crippen molar-refractivity contribution in [2.75, 3.05) is 5.32 Å². The highest BCUT2D eigenvalue weighted by molar-refractivity contribution is 7.13. The molecule has 0 unspecified atom stereocenters. The zero-order valence-electron chi connectivity index (χ0n) is 13.3. The average molecular weight is 386 g/mol. The fourth-order valence-electron chi connectivity index (χ4n) is 2.32. The van der Waals surface area contributed by atoms with Gasteiger partial charge in [0.1, 0.15) is 12.2 Å². The molecule has 4 aromatic rings. The van der Waals surface area contributed by atoms with Crippen molar-refractivity contribution < 1.29 is 9.32 Å². The molecule has 3 aromatic heterocycles. The monoisotopic (exact) mass is 385 g/mol. The van der Waals surface area contributed by atoms with E-state index in [1.165, 1.54) is 11.3 Å². The van der Waals surface area contributed by atoms with Gasteiger partial charge in [-0.3, -0.25) is 4.79 Å². The number of halogens is 1. The normalized spacial score (nSPS) is 10.8. The molecule has 9 heteroatoms. The summed E-state index contributed by atoms with van der Waals surface area (Å²) in [4.78, 5) is 21.6. The van der Waals surface area contributed by atoms with Gasteiger partial charge in [-0.1, -0.05) is 28.9 Å². The van der Waals surface area contributed by atoms with Crippen LogP contribution in [0.5, 0.6) is 0 Å². The van der Waals surface area contributed by atoms with Crippen molar-refractivity contribution >= 4 is 34.5 Å². The van der Waals surface area contributed by atoms with Crippen molar-refractivity contribution in [3.05, 3.63) is 59.3 Å². The Kier molecular flexibility index (Phi) is 4.51. The fraction of sp³-hybridized carbons (Fsp3) is 0.0588. The number of benzene rings is 1. The average Bonchev–Trinajstić information content (AvgIpc) is 3.35. The van der Waals surface area contributed by atoms with E-state index in [9.17, 15) is 4.79 Å². The maximum Gasteiger partial charge on any atom is 0.268 e. The van der Waals surface area contributed by atoms with Crippen LogP contribution in [0.25, 0.3) is 22.3 Å². The molecule has 0 fully saturated rings. The number of carbonyl (C=O) groups excluding carboxylic acids is 1. The van der Waals surface area contributed by atoms with Crippen LogP contribution in [0.2, 0.25) is 5.02 Å². The number of anilines is 1. The minimum absolute atomic E-state index is 0.106. The quantitative estimate of drug-likeness (QED) is 0.562. The van der Waals surface area contributed by atoms with E-state index in [1.807, 2.05) is 17.5 Å². The van der Waals surface area contributed by atoms with Crippen molar-refractivity contribution in [1.29, 1.82) is 0 Å². The second-order valence-electron chi connectivity index (χ2n) is 5.39. The first-order valence-corrected chi connectivity index (χ1v) is 8.88. The molecule has 0 radical (unpaired) electrons. The van der Waals surface area contributed by atoms with Crippen molar-refractivity contribution in [2.24, 2.45) is 0 Å². The summed E-state index contributed by atoms with van der Waals surface area (Å²) < 4.78 is 6.90. The third-order valence-corrected chi connectivity index (χ3v) is 4.55. The molecule has 0 aliphatic heterocycles. The number of nitrogens with one attached hydrogen (secondary N) is 1. The molecule has 3 heterocycles. The number of aromatic nitrogens is 4. The third kappa shape index (κ3) is 3.66. The molecule has 4 rings (SSSR count). The summed E-state index contributed by atoms with van der Waals surface area (Å²) >= 11 is 7.43. The standard InChI is InChI=1S/C17H12ClN5O2S/c18-11-3-1-4-12(7-11)20-15(24)9-23-8-13(19-10-23)16-21-17(25-22-16)14-5-2-6-26-14/h1-8,10H,9H2,(H,20,24). The van der Waals surface area contributed by atoms with Gasteiger partial charge in [-0.2, -0.15) is 4.98 Å². The maximum atomic E-state index is 12.1. The van der Waals surface area contributed by atoms with Gasteiger partial charge < -0.3 is 14.4 Å². The van der Waals surface area contributed by atoms with Crippen LogP contribution >= 0.6 is 22.9 Å². The Morgan fingerprint density at radius 2 is 2.23 bits per heavy atom. The summed E-state index contributed by atoms with van der Waals surface area (Å²) in [6.07, 6.45) is 3.24. The lowest BCUT2D eigenvalue weighted by atomic mass is 10.3. The van der Waals surface area contributed by atoms with Gasteiger partial charge in [0, 0.05) is 16.9 Å². The summed E-state index contributed by atoms with van der Waals surface area (Å²) in [5, 5.41) is 9.22. The second kappa shape index (κ2) is 7.11. The molecule has 7 nitrogen and oxygen atoms in total. The summed E-state index contributed by atoms with van der Waals surface area (Å²) in [5.41, 5.74) is 1.17. The topological polar surface area (TPSA) is 85.8 Å². The number of hydrogen-bond donors (Lipinski definition) is 1. The molecule has 0 aliphatic rings. The molecule has 0 aliphatic carbocycles. The van der Waals surface area contributed by atoms with Crippen LogP contribution in [0.4, 0.5) is 5.69 Å². The van der Waals surface area contributed by atoms with Crippen molar-refractivity contribution in [1.82, 2.24) is 19.7 Å². The number of thiophene rings is 1. The van der Waals surface area contributed by atoms with Crippen LogP contribution < -0.4 is 5.32 Å². The summed E-state index contributed by atoms with van der Waals surface area (Å²) in [6, 6.07) is 10.8. The summed E-state index contributed by atoms with van der Waals surface area (Å²) in [6.45, 7) is 0.106. The van der Waals surface area contributed by atoms with E-state index < -0.39 is 0 Å². The first-order chi connectivity index (χ1) is 12.7. The Labute approximate surface area is 157 Å². The molecule has 1 aromatic carbocycles. The van der Waals surface area contributed by atoms with Gasteiger partial charge in [-0.25, -0.2) is 4.98 Å². The predicted molar refractivity (Wildman–Crippen MR) is 98.9 cm³/mol. The molecular weight excluding hydrogens is 374 g/mol. The van der Waals surface area contributed by atoms with Gasteiger partial charge in [0.15, 0.2) is 0 Å². The summed E-state index contributed by atoms with van der Waals surface area (Å²) in [7, 11) is 0. The van der Waals surface area contributed by atoms with Crippen LogP contribution in [0.15, 0.2) is 58.8 Å². The Morgan fingerprint density at radius 1 is 1.31 bits per heavy atom. The molecule has 1 amide bonds. The minimum Gasteiger partial charge on any atom is -0.333 e. The number of carbonyl (C=O) groups is 1. The van der Waals surface area contributed by atoms with Crippen LogP contribution in [0, 0.1) is 0 Å². The Morgan fingerprint density at radius 3 is 3.04 bits per heavy atom. The van der Waals surface area contributed by atoms with E-state index in [4.69, 9.17) is 16.1 Å². The molecule has 0 saturated carbocycles. The minimum atomic E-state index is -0.191. The van der Waals surface area contributed by atoms with E-state index in [1.54, 1.807) is 41.4 Å². The Balaban J connectivity index is 1.44. The molecular formula is C17H12ClN5O2S. The van der Waals surface area contributed by atoms with E-state index in [2.05, 4.69) is 20.4 Å². The van der Waals surface area contributed by atoms with Gasteiger partial charge in [0.2, 0.25) is 11.7 Å². The van der Waals surface area contributed by atoms with Gasteiger partial charge in [0.25, 0.3) is 5.89 Å². The summed E-state index contributed by atoms with van der Waals surface area (Å²) in [5.74, 6) is 0.634. The number of rotatable bonds is 5. The van der Waals surface area contributed by atoms with Crippen molar-refractivity contribution in [3.8, 4) is 22.3 Å². The van der Waals surface area contributed by atoms with Crippen LogP contribution in [-0.2, 0) is 11.3 Å². The lowest BCUT2D eigenvalue weighted by molar-refractivity contribution is -0.116. The molecule has 130 valence electrons. The van der Waals surface area contributed by atoms with Gasteiger partial charge >= 0.3 is 0 Å². The first kappa shape index (κ1) is 16.5. The zero-order chi connectivity index (χ0) is 17.9. The molecule has 0 saturated heterocycles. The molecule has 0 bridgehead atoms. The SMILES string of the molecule is O=C(Cn1cnc(-c2noc(-c3cccs3)n2)c1)Nc1cccc(Cl)c1. The molecule has 0 spiro atoms. The number of amides is 1. The maximum absolute atomic E-state index is 12.1. The van der Waals surface area contributed by atoms with Gasteiger partial charge in [-0.05, 0) is 29.6 Å². The molecule has 0 atom stereocenters. The second-order valence-corrected chi connectivity index (χ2v) is 6.77. The highest BCUT2D eigenvalue weighted by atomic mass is 35.5. The van der Waals surface area contributed by atoms with Crippen LogP contribution in [0.1, 0.15) is 0 Å². The van der Waals surface area contributed by atoms with Crippen LogP contribution in [0.3, 0.4) is 0 Å². The molecule has 1 N–H and O–H groups in total. The van der Waals surface area contributed by atoms with E-state index in [0.717, 1.165) is 4.88 Å². The highest BCUT2D eigenvalue weighted by Gasteiger charge is 2.14. The van der Waals surface area contributed by atoms with E-state index >= 15 is 0 Å². The molecule has 26 heavy (non-hydrogen) atoms. The first-order valence-electron chi connectivity index (χ1n) is 7.62. The van der Waals surface area contributed by atoms with Gasteiger partial charge in [0.05, 0.1) is 11.2 Å². The number of imidazole rings is 1. The predicted octanol–water partition coefficient (Wildman–Crippen LogP) is 3.95. The number of nitrogens with zero attached hydrogens (tertiary/aromatic N) is 4. The van der Waals surface area contributed by atoms with Crippen LogP contribution in [-0.4, -0.2) is 25.6 Å². The fourth-order valence-corrected chi connectivity index (χ4v) is 3.16. The Bertz CT molecular complexity index is 1040. The van der Waals surface area contributed by atoms with Gasteiger partial charge in [-0.15, -0.1) is 11.3 Å². The van der Waals surface area contributed by atoms with Crippen molar-refractivity contribution in [2.45, 2.75) is 6.54 Å². The van der Waals surface area contributed by atoms with Crippen molar-refractivity contribution in [3.63, 3.8) is 0 Å². The smallest absolute Gasteiger partial charge is 0.268 e. The highest BCUT2D eigenvalue weighted by Crippen LogP contribution is 2.25. The lowest BCUT2D eigenvalue weighted by Gasteiger charge is -2.05. The third-order valence-electron chi connectivity index (χ3n) is 3.45. The van der Waals surface area contributed by atoms with E-state index in [0.29, 0.717) is 28.1 Å². The lowest BCUT2D eigenvalue weighted by Crippen LogP contribution is -2.17.